The third-order valence-corrected chi connectivity index (χ3v) is 1.51. The molecule has 0 rings (SSSR count). The number of hydrogen-bond acceptors (Lipinski definition) is 4. The number of carbonyl (C=O) groups is 2. The summed E-state index contributed by atoms with van der Waals surface area (Å²) in [6, 6.07) is 0. The van der Waals surface area contributed by atoms with Gasteiger partial charge in [0, 0.05) is 12.5 Å². The Hall–Kier alpha value is -1.32. The molecule has 74 valence electrons. The van der Waals surface area contributed by atoms with Gasteiger partial charge >= 0.3 is 11.9 Å². The zero-order chi connectivity index (χ0) is 10.4. The average Bonchev–Trinajstić information content (AvgIpc) is 2.02. The van der Waals surface area contributed by atoms with Crippen molar-refractivity contribution in [2.24, 2.45) is 0 Å². The fraction of sp³-hybridized carbons (Fsp3) is 0.556. The molecular weight excluding hydrogens is 172 g/mol. The lowest BCUT2D eigenvalue weighted by atomic mass is 10.2. The Morgan fingerprint density at radius 1 is 1.00 bits per heavy atom. The highest BCUT2D eigenvalue weighted by Crippen LogP contribution is 2.03. The Morgan fingerprint density at radius 3 is 1.92 bits per heavy atom. The van der Waals surface area contributed by atoms with Gasteiger partial charge in [-0.15, -0.1) is 0 Å². The smallest absolute Gasteiger partial charge is 0.336 e. The van der Waals surface area contributed by atoms with Crippen LogP contribution in [0.3, 0.4) is 0 Å². The van der Waals surface area contributed by atoms with Crippen LogP contribution in [0.5, 0.6) is 0 Å². The first-order chi connectivity index (χ1) is 5.95. The molecule has 0 N–H and O–H groups in total. The lowest BCUT2D eigenvalue weighted by molar-refractivity contribution is -0.162. The van der Waals surface area contributed by atoms with Crippen molar-refractivity contribution in [2.75, 3.05) is 6.79 Å². The van der Waals surface area contributed by atoms with Crippen molar-refractivity contribution >= 4 is 11.9 Å². The van der Waals surface area contributed by atoms with E-state index >= 15 is 0 Å². The van der Waals surface area contributed by atoms with Crippen molar-refractivity contribution in [3.8, 4) is 0 Å². The molecule has 0 amide bonds. The number of allylic oxidation sites excluding steroid dienone is 1. The van der Waals surface area contributed by atoms with Crippen molar-refractivity contribution in [2.45, 2.75) is 27.7 Å². The van der Waals surface area contributed by atoms with E-state index in [1.54, 1.807) is 6.92 Å². The molecule has 0 aromatic carbocycles. The Morgan fingerprint density at radius 2 is 1.54 bits per heavy atom. The summed E-state index contributed by atoms with van der Waals surface area (Å²) in [5.74, 6) is -0.927. The molecule has 0 aromatic heterocycles. The average molecular weight is 186 g/mol. The zero-order valence-electron chi connectivity index (χ0n) is 8.34. The molecular formula is C9H14O4. The van der Waals surface area contributed by atoms with Crippen molar-refractivity contribution < 1.29 is 19.1 Å². The molecule has 0 fully saturated rings. The lowest BCUT2D eigenvalue weighted by Gasteiger charge is -2.05. The van der Waals surface area contributed by atoms with Crippen molar-refractivity contribution in [1.29, 1.82) is 0 Å². The second-order valence-corrected chi connectivity index (χ2v) is 2.81. The van der Waals surface area contributed by atoms with Crippen LogP contribution in [0, 0.1) is 0 Å². The zero-order valence-corrected chi connectivity index (χ0v) is 8.34. The molecule has 0 atom stereocenters. The predicted molar refractivity (Wildman–Crippen MR) is 46.8 cm³/mol. The SMILES string of the molecule is CC(=O)OCOC(=O)C(C)=C(C)C. The summed E-state index contributed by atoms with van der Waals surface area (Å²) >= 11 is 0. The van der Waals surface area contributed by atoms with Crippen LogP contribution >= 0.6 is 0 Å². The minimum absolute atomic E-state index is 0.321. The van der Waals surface area contributed by atoms with Crippen LogP contribution in [0.2, 0.25) is 0 Å². The highest BCUT2D eigenvalue weighted by atomic mass is 16.7. The molecule has 0 heterocycles. The molecule has 0 saturated carbocycles. The van der Waals surface area contributed by atoms with Gasteiger partial charge in [0.1, 0.15) is 0 Å². The second kappa shape index (κ2) is 5.35. The van der Waals surface area contributed by atoms with E-state index in [9.17, 15) is 9.59 Å². The monoisotopic (exact) mass is 186 g/mol. The first kappa shape index (κ1) is 11.7. The topological polar surface area (TPSA) is 52.6 Å². The summed E-state index contributed by atoms with van der Waals surface area (Å²) in [5, 5.41) is 0. The fourth-order valence-electron chi connectivity index (χ4n) is 0.478. The Kier molecular flexibility index (Phi) is 4.80. The quantitative estimate of drug-likeness (QED) is 0.380. The standard InChI is InChI=1S/C9H14O4/c1-6(2)7(3)9(11)13-5-12-8(4)10/h5H2,1-4H3. The van der Waals surface area contributed by atoms with E-state index in [1.807, 2.05) is 13.8 Å². The minimum atomic E-state index is -0.470. The maximum absolute atomic E-state index is 11.1. The van der Waals surface area contributed by atoms with Gasteiger partial charge in [0.2, 0.25) is 6.79 Å². The van der Waals surface area contributed by atoms with Crippen LogP contribution < -0.4 is 0 Å². The van der Waals surface area contributed by atoms with Gasteiger partial charge in [0.25, 0.3) is 0 Å². The van der Waals surface area contributed by atoms with Gasteiger partial charge in [0.15, 0.2) is 0 Å². The third-order valence-electron chi connectivity index (χ3n) is 1.51. The highest BCUT2D eigenvalue weighted by molar-refractivity contribution is 5.88. The van der Waals surface area contributed by atoms with E-state index in [0.717, 1.165) is 5.57 Å². The van der Waals surface area contributed by atoms with Gasteiger partial charge in [-0.2, -0.15) is 0 Å². The van der Waals surface area contributed by atoms with Crippen LogP contribution in [0.25, 0.3) is 0 Å². The molecule has 0 aromatic rings. The summed E-state index contributed by atoms with van der Waals surface area (Å²) in [4.78, 5) is 21.4. The van der Waals surface area contributed by atoms with Crippen molar-refractivity contribution in [3.63, 3.8) is 0 Å². The number of ether oxygens (including phenoxy) is 2. The van der Waals surface area contributed by atoms with Crippen LogP contribution in [-0.2, 0) is 19.1 Å². The first-order valence-corrected chi connectivity index (χ1v) is 3.89. The molecule has 0 saturated heterocycles. The van der Waals surface area contributed by atoms with Gasteiger partial charge in [0.05, 0.1) is 0 Å². The predicted octanol–water partition coefficient (Wildman–Crippen LogP) is 1.41. The molecule has 0 aliphatic rings. The second-order valence-electron chi connectivity index (χ2n) is 2.81. The van der Waals surface area contributed by atoms with E-state index < -0.39 is 11.9 Å². The number of rotatable bonds is 3. The molecule has 0 bridgehead atoms. The Bertz CT molecular complexity index is 236. The van der Waals surface area contributed by atoms with Gasteiger partial charge in [-0.1, -0.05) is 5.57 Å². The van der Waals surface area contributed by atoms with Gasteiger partial charge in [-0.25, -0.2) is 4.79 Å². The molecule has 4 nitrogen and oxygen atoms in total. The molecule has 0 aliphatic carbocycles. The van der Waals surface area contributed by atoms with E-state index in [1.165, 1.54) is 6.92 Å². The maximum atomic E-state index is 11.1. The van der Waals surface area contributed by atoms with E-state index in [-0.39, 0.29) is 6.79 Å². The molecule has 0 radical (unpaired) electrons. The summed E-state index contributed by atoms with van der Waals surface area (Å²) in [6.45, 7) is 6.21. The van der Waals surface area contributed by atoms with E-state index in [0.29, 0.717) is 5.57 Å². The Labute approximate surface area is 77.5 Å². The first-order valence-electron chi connectivity index (χ1n) is 3.89. The summed E-state index contributed by atoms with van der Waals surface area (Å²) in [5.41, 5.74) is 1.42. The van der Waals surface area contributed by atoms with Crippen LogP contribution in [0.4, 0.5) is 0 Å². The highest BCUT2D eigenvalue weighted by Gasteiger charge is 2.07. The summed E-state index contributed by atoms with van der Waals surface area (Å²) in [7, 11) is 0. The lowest BCUT2D eigenvalue weighted by Crippen LogP contribution is -2.12. The summed E-state index contributed by atoms with van der Waals surface area (Å²) < 4.78 is 9.07. The van der Waals surface area contributed by atoms with E-state index in [2.05, 4.69) is 9.47 Å². The molecule has 13 heavy (non-hydrogen) atoms. The number of hydrogen-bond donors (Lipinski definition) is 0. The number of esters is 2. The normalized spacial score (nSPS) is 8.92. The van der Waals surface area contributed by atoms with E-state index in [4.69, 9.17) is 0 Å². The fourth-order valence-corrected chi connectivity index (χ4v) is 0.478. The third kappa shape index (κ3) is 5.00. The van der Waals surface area contributed by atoms with Crippen molar-refractivity contribution in [1.82, 2.24) is 0 Å². The summed E-state index contributed by atoms with van der Waals surface area (Å²) in [6.07, 6.45) is 0. The van der Waals surface area contributed by atoms with Crippen LogP contribution in [-0.4, -0.2) is 18.7 Å². The van der Waals surface area contributed by atoms with Gasteiger partial charge < -0.3 is 9.47 Å². The molecule has 0 spiro atoms. The van der Waals surface area contributed by atoms with Crippen LogP contribution in [0.1, 0.15) is 27.7 Å². The Balaban J connectivity index is 3.90. The van der Waals surface area contributed by atoms with Crippen LogP contribution in [0.15, 0.2) is 11.1 Å². The maximum Gasteiger partial charge on any atom is 0.336 e. The minimum Gasteiger partial charge on any atom is -0.428 e. The largest absolute Gasteiger partial charge is 0.428 e. The molecule has 0 aliphatic heterocycles. The van der Waals surface area contributed by atoms with Gasteiger partial charge in [-0.05, 0) is 20.8 Å². The molecule has 0 unspecified atom stereocenters. The number of carbonyl (C=O) groups excluding carboxylic acids is 2. The molecule has 4 heteroatoms. The van der Waals surface area contributed by atoms with Crippen molar-refractivity contribution in [3.05, 3.63) is 11.1 Å². The van der Waals surface area contributed by atoms with Gasteiger partial charge in [-0.3, -0.25) is 4.79 Å².